The van der Waals surface area contributed by atoms with Crippen LogP contribution in [0.1, 0.15) is 49.8 Å². The Morgan fingerprint density at radius 2 is 1.93 bits per heavy atom. The molecule has 0 aromatic heterocycles. The minimum Gasteiger partial charge on any atom is -0.497 e. The maximum atomic E-state index is 6.69. The van der Waals surface area contributed by atoms with Gasteiger partial charge in [0, 0.05) is 42.9 Å². The van der Waals surface area contributed by atoms with E-state index < -0.39 is 0 Å². The third kappa shape index (κ3) is 3.34. The molecule has 1 saturated heterocycles. The lowest BCUT2D eigenvalue weighted by Gasteiger charge is -2.51. The molecule has 0 amide bonds. The molecule has 6 heteroatoms. The molecular weight excluding hydrogens is 398 g/mol. The minimum atomic E-state index is -0.385. The largest absolute Gasteiger partial charge is 0.497 e. The number of hydrogen-bond donors (Lipinski definition) is 0. The zero-order valence-corrected chi connectivity index (χ0v) is 18.4. The Morgan fingerprint density at radius 1 is 1.17 bits per heavy atom. The van der Waals surface area contributed by atoms with E-state index >= 15 is 0 Å². The number of hydrogen-bond acceptors (Lipinski definition) is 5. The van der Waals surface area contributed by atoms with Gasteiger partial charge < -0.3 is 14.4 Å². The Kier molecular flexibility index (Phi) is 5.11. The van der Waals surface area contributed by atoms with Crippen molar-refractivity contribution in [3.05, 3.63) is 58.6 Å². The highest BCUT2D eigenvalue weighted by Crippen LogP contribution is 2.50. The molecule has 158 valence electrons. The summed E-state index contributed by atoms with van der Waals surface area (Å²) in [5, 5.41) is 8.12. The van der Waals surface area contributed by atoms with Crippen LogP contribution in [0, 0.1) is 0 Å². The number of ether oxygens (including phenoxy) is 2. The van der Waals surface area contributed by atoms with Crippen LogP contribution in [0.2, 0.25) is 5.02 Å². The first-order valence-corrected chi connectivity index (χ1v) is 11.2. The molecule has 0 N–H and O–H groups in total. The van der Waals surface area contributed by atoms with Gasteiger partial charge in [0.05, 0.1) is 18.9 Å². The van der Waals surface area contributed by atoms with E-state index in [1.165, 1.54) is 6.42 Å². The number of likely N-dealkylation sites (tertiary alicyclic amines) is 1. The summed E-state index contributed by atoms with van der Waals surface area (Å²) in [6.45, 7) is 5.45. The molecule has 3 aliphatic heterocycles. The van der Waals surface area contributed by atoms with E-state index in [1.807, 2.05) is 30.3 Å². The predicted molar refractivity (Wildman–Crippen MR) is 120 cm³/mol. The highest BCUT2D eigenvalue weighted by atomic mass is 35.5. The van der Waals surface area contributed by atoms with E-state index in [4.69, 9.17) is 26.2 Å². The summed E-state index contributed by atoms with van der Waals surface area (Å²) >= 11 is 6.35. The highest BCUT2D eigenvalue weighted by molar-refractivity contribution is 6.30. The van der Waals surface area contributed by atoms with Crippen molar-refractivity contribution in [1.29, 1.82) is 0 Å². The standard InChI is InChI=1S/C24H28ClN3O2/c1-3-12-27-13-10-24(11-14-27)28-22(20-15-18(25)6-9-23(20)30-24)16-21(26-28)17-4-7-19(29-2)8-5-17/h4-9,15,22H,3,10-14,16H2,1-2H3. The van der Waals surface area contributed by atoms with Gasteiger partial charge in [-0.1, -0.05) is 18.5 Å². The molecule has 5 nitrogen and oxygen atoms in total. The van der Waals surface area contributed by atoms with Crippen molar-refractivity contribution in [2.75, 3.05) is 26.7 Å². The number of methoxy groups -OCH3 is 1. The molecule has 2 aromatic rings. The fourth-order valence-corrected chi connectivity index (χ4v) is 5.16. The lowest BCUT2D eigenvalue weighted by atomic mass is 9.90. The average Bonchev–Trinajstić information content (AvgIpc) is 3.23. The van der Waals surface area contributed by atoms with Crippen LogP contribution in [-0.2, 0) is 0 Å². The van der Waals surface area contributed by atoms with Gasteiger partial charge in [0.1, 0.15) is 11.5 Å². The molecule has 1 unspecified atom stereocenters. The number of rotatable bonds is 4. The maximum absolute atomic E-state index is 6.69. The minimum absolute atomic E-state index is 0.155. The fraction of sp³-hybridized carbons (Fsp3) is 0.458. The van der Waals surface area contributed by atoms with Crippen LogP contribution in [0.4, 0.5) is 0 Å². The number of benzene rings is 2. The van der Waals surface area contributed by atoms with E-state index in [1.54, 1.807) is 7.11 Å². The zero-order valence-electron chi connectivity index (χ0n) is 17.6. The molecule has 0 aliphatic carbocycles. The predicted octanol–water partition coefficient (Wildman–Crippen LogP) is 5.09. The summed E-state index contributed by atoms with van der Waals surface area (Å²) in [5.41, 5.74) is 2.97. The smallest absolute Gasteiger partial charge is 0.200 e. The van der Waals surface area contributed by atoms with E-state index in [0.717, 1.165) is 72.3 Å². The van der Waals surface area contributed by atoms with Crippen LogP contribution in [0.15, 0.2) is 47.6 Å². The highest BCUT2D eigenvalue weighted by Gasteiger charge is 2.51. The van der Waals surface area contributed by atoms with E-state index in [-0.39, 0.29) is 11.8 Å². The SMILES string of the molecule is CCCN1CCC2(CC1)Oc1ccc(Cl)cc1C1CC(c3ccc(OC)cc3)=NN12. The van der Waals surface area contributed by atoms with Crippen LogP contribution in [0.5, 0.6) is 11.5 Å². The third-order valence-corrected chi connectivity index (χ3v) is 6.79. The number of fused-ring (bicyclic) bond motifs is 4. The summed E-state index contributed by atoms with van der Waals surface area (Å²) in [4.78, 5) is 2.53. The van der Waals surface area contributed by atoms with Gasteiger partial charge in [-0.25, -0.2) is 5.01 Å². The number of hydrazone groups is 1. The Morgan fingerprint density at radius 3 is 2.63 bits per heavy atom. The Hall–Kier alpha value is -2.24. The van der Waals surface area contributed by atoms with Crippen molar-refractivity contribution in [2.24, 2.45) is 5.10 Å². The first-order chi connectivity index (χ1) is 14.6. The topological polar surface area (TPSA) is 37.3 Å². The molecule has 30 heavy (non-hydrogen) atoms. The molecule has 1 spiro atoms. The molecule has 2 aromatic carbocycles. The van der Waals surface area contributed by atoms with Gasteiger partial charge in [0.2, 0.25) is 5.72 Å². The van der Waals surface area contributed by atoms with E-state index in [9.17, 15) is 0 Å². The van der Waals surface area contributed by atoms with Gasteiger partial charge in [-0.15, -0.1) is 0 Å². The molecule has 0 radical (unpaired) electrons. The number of halogens is 1. The summed E-state index contributed by atoms with van der Waals surface area (Å²) in [6.07, 6.45) is 3.93. The first kappa shape index (κ1) is 19.7. The lowest BCUT2D eigenvalue weighted by Crippen LogP contribution is -2.59. The van der Waals surface area contributed by atoms with Gasteiger partial charge in [0.25, 0.3) is 0 Å². The Balaban J connectivity index is 1.51. The van der Waals surface area contributed by atoms with E-state index in [2.05, 4.69) is 29.0 Å². The molecule has 0 bridgehead atoms. The Labute approximate surface area is 183 Å². The van der Waals surface area contributed by atoms with Gasteiger partial charge >= 0.3 is 0 Å². The van der Waals surface area contributed by atoms with Gasteiger partial charge in [0.15, 0.2) is 0 Å². The zero-order chi connectivity index (χ0) is 20.7. The Bertz CT molecular complexity index is 951. The second-order valence-electron chi connectivity index (χ2n) is 8.41. The quantitative estimate of drug-likeness (QED) is 0.683. The second kappa shape index (κ2) is 7.78. The molecule has 3 aliphatic rings. The van der Waals surface area contributed by atoms with Gasteiger partial charge in [-0.3, -0.25) is 0 Å². The van der Waals surface area contributed by atoms with Crippen molar-refractivity contribution in [1.82, 2.24) is 9.91 Å². The third-order valence-electron chi connectivity index (χ3n) is 6.56. The van der Waals surface area contributed by atoms with Crippen molar-refractivity contribution < 1.29 is 9.47 Å². The summed E-state index contributed by atoms with van der Waals surface area (Å²) in [5.74, 6) is 1.81. The average molecular weight is 426 g/mol. The lowest BCUT2D eigenvalue weighted by molar-refractivity contribution is -0.149. The van der Waals surface area contributed by atoms with E-state index in [0.29, 0.717) is 0 Å². The monoisotopic (exact) mass is 425 g/mol. The van der Waals surface area contributed by atoms with Crippen LogP contribution >= 0.6 is 11.6 Å². The van der Waals surface area contributed by atoms with Crippen molar-refractivity contribution >= 4 is 17.3 Å². The van der Waals surface area contributed by atoms with Crippen LogP contribution < -0.4 is 9.47 Å². The molecule has 1 fully saturated rings. The summed E-state index contributed by atoms with van der Waals surface area (Å²) in [7, 11) is 1.69. The molecule has 3 heterocycles. The van der Waals surface area contributed by atoms with Crippen LogP contribution in [-0.4, -0.2) is 48.1 Å². The number of nitrogens with zero attached hydrogens (tertiary/aromatic N) is 3. The van der Waals surface area contributed by atoms with Crippen molar-refractivity contribution in [3.8, 4) is 11.5 Å². The molecule has 1 atom stereocenters. The fourth-order valence-electron chi connectivity index (χ4n) is 4.98. The maximum Gasteiger partial charge on any atom is 0.200 e. The van der Waals surface area contributed by atoms with Crippen molar-refractivity contribution in [2.45, 2.75) is 44.4 Å². The summed E-state index contributed by atoms with van der Waals surface area (Å²) < 4.78 is 12.0. The van der Waals surface area contributed by atoms with Crippen molar-refractivity contribution in [3.63, 3.8) is 0 Å². The molecular formula is C24H28ClN3O2. The molecule has 0 saturated carbocycles. The number of piperidine rings is 1. The van der Waals surface area contributed by atoms with Crippen LogP contribution in [0.3, 0.4) is 0 Å². The van der Waals surface area contributed by atoms with Crippen LogP contribution in [0.25, 0.3) is 0 Å². The van der Waals surface area contributed by atoms with Gasteiger partial charge in [-0.05, 0) is 61.0 Å². The summed E-state index contributed by atoms with van der Waals surface area (Å²) in [6, 6.07) is 14.3. The van der Waals surface area contributed by atoms with Gasteiger partial charge in [-0.2, -0.15) is 5.10 Å². The normalized spacial score (nSPS) is 22.3. The molecule has 5 rings (SSSR count). The first-order valence-electron chi connectivity index (χ1n) is 10.8. The second-order valence-corrected chi connectivity index (χ2v) is 8.85.